The van der Waals surface area contributed by atoms with E-state index < -0.39 is 24.2 Å². The Morgan fingerprint density at radius 2 is 0.671 bits per heavy atom. The van der Waals surface area contributed by atoms with Gasteiger partial charge in [-0.05, 0) is 122 Å². The second-order valence-electron chi connectivity index (χ2n) is 17.9. The molecule has 4 heteroatoms. The van der Waals surface area contributed by atoms with Gasteiger partial charge in [0.05, 0.1) is 27.7 Å². The maximum absolute atomic E-state index is 9.64. The third kappa shape index (κ3) is 6.45. The van der Waals surface area contributed by atoms with Crippen LogP contribution in [0.3, 0.4) is 0 Å². The average molecular weight is 898 g/mol. The molecule has 0 amide bonds. The first-order chi connectivity index (χ1) is 38.0. The fraction of sp³-hybridized carbons (Fsp3) is 0. The fourth-order valence-corrected chi connectivity index (χ4v) is 10.9. The van der Waals surface area contributed by atoms with Gasteiger partial charge in [-0.3, -0.25) is 0 Å². The molecule has 0 bridgehead atoms. The summed E-state index contributed by atoms with van der Waals surface area (Å²) < 4.78 is 75.6. The van der Waals surface area contributed by atoms with E-state index in [1.54, 1.807) is 4.57 Å². The number of hydrogen-bond acceptors (Lipinski definition) is 2. The zero-order valence-corrected chi connectivity index (χ0v) is 37.7. The number of hydrogen-bond donors (Lipinski definition) is 0. The molecule has 14 rings (SSSR count). The summed E-state index contributed by atoms with van der Waals surface area (Å²) in [6.07, 6.45) is 0. The Morgan fingerprint density at radius 1 is 0.300 bits per heavy atom. The van der Waals surface area contributed by atoms with Crippen LogP contribution in [0.2, 0.25) is 0 Å². The fourth-order valence-electron chi connectivity index (χ4n) is 10.9. The Hall–Kier alpha value is -9.12. The maximum atomic E-state index is 9.64. The number of benzene rings is 11. The minimum atomic E-state index is -0.493. The predicted molar refractivity (Wildman–Crippen MR) is 297 cm³/mol. The number of anilines is 6. The summed E-state index contributed by atoms with van der Waals surface area (Å²) in [4.78, 5) is 4.60. The lowest BCUT2D eigenvalue weighted by Crippen LogP contribution is -2.61. The van der Waals surface area contributed by atoms with Crippen LogP contribution in [0.4, 0.5) is 34.1 Å². The van der Waals surface area contributed by atoms with Crippen molar-refractivity contribution in [1.29, 1.82) is 0 Å². The lowest BCUT2D eigenvalue weighted by Gasteiger charge is -2.45. The van der Waals surface area contributed by atoms with Crippen LogP contribution in [0.1, 0.15) is 11.0 Å². The molecule has 2 aliphatic rings. The van der Waals surface area contributed by atoms with Gasteiger partial charge in [-0.2, -0.15) is 0 Å². The first-order valence-corrected chi connectivity index (χ1v) is 23.5. The summed E-state index contributed by atoms with van der Waals surface area (Å²) >= 11 is 0. The van der Waals surface area contributed by atoms with Gasteiger partial charge in [0.2, 0.25) is 0 Å². The van der Waals surface area contributed by atoms with Crippen molar-refractivity contribution in [3.05, 3.63) is 267 Å². The van der Waals surface area contributed by atoms with Crippen LogP contribution in [-0.2, 0) is 0 Å². The van der Waals surface area contributed by atoms with Crippen LogP contribution in [0.15, 0.2) is 267 Å². The minimum absolute atomic E-state index is 0.0165. The summed E-state index contributed by atoms with van der Waals surface area (Å²) in [5, 5.41) is 0.0329. The summed E-state index contributed by atoms with van der Waals surface area (Å²) in [5.74, 6) is 0. The molecular formula is C66H44BN3. The lowest BCUT2D eigenvalue weighted by molar-refractivity contribution is 1.16. The van der Waals surface area contributed by atoms with Gasteiger partial charge in [-0.1, -0.05) is 206 Å². The van der Waals surface area contributed by atoms with Crippen molar-refractivity contribution in [3.63, 3.8) is 0 Å². The quantitative estimate of drug-likeness (QED) is 0.148. The third-order valence-corrected chi connectivity index (χ3v) is 14.0. The van der Waals surface area contributed by atoms with E-state index in [4.69, 9.17) is 5.48 Å². The van der Waals surface area contributed by atoms with Gasteiger partial charge in [0.1, 0.15) is 0 Å². The number of rotatable bonds is 7. The van der Waals surface area contributed by atoms with E-state index in [9.17, 15) is 5.48 Å². The van der Waals surface area contributed by atoms with E-state index in [0.29, 0.717) is 5.69 Å². The molecular weight excluding hydrogens is 846 g/mol. The molecule has 0 spiro atoms. The molecule has 70 heavy (non-hydrogen) atoms. The van der Waals surface area contributed by atoms with Crippen LogP contribution in [0.25, 0.3) is 72.0 Å². The second-order valence-corrected chi connectivity index (χ2v) is 17.9. The van der Waals surface area contributed by atoms with Crippen molar-refractivity contribution in [2.75, 3.05) is 9.80 Å². The Labute approximate surface area is 419 Å². The van der Waals surface area contributed by atoms with Crippen LogP contribution in [0.5, 0.6) is 0 Å². The molecule has 0 saturated carbocycles. The topological polar surface area (TPSA) is 11.4 Å². The predicted octanol–water partition coefficient (Wildman–Crippen LogP) is 15.5. The normalized spacial score (nSPS) is 14.1. The number of aromatic nitrogens is 1. The van der Waals surface area contributed by atoms with E-state index in [0.717, 1.165) is 95.0 Å². The SMILES string of the molecule is [2H]c1c([2H])c([2H])c2c(c1[2H])c1c([2H])c([2H])c([2H])c([2H])c1n2-c1cc2c3c(c1)N(c1cccc(-c4ccccc4)c1)c1cc(-c4ccccc4)ccc1B3c1ccc(-c3ccccc3)cc1N2c1cccc(-c2ccccc2)c1. The standard InChI is InChI=1S/C66H44BN3/c1-5-19-45(20-6-1)49-27-17-29-53(39-49)68-62-41-51(47-23-9-3-10-24-47)35-37-58(62)67-59-38-36-52(48-25-11-4-12-26-48)42-63(59)69(54-30-18-28-50(40-54)46-21-7-2-8-22-46)65-44-55(43-64(68)66(65)67)70-60-33-15-13-31-56(60)57-32-14-16-34-61(57)70/h1-44H/i13D,14D,15D,16D,31D,32D,33D,34D. The lowest BCUT2D eigenvalue weighted by atomic mass is 9.33. The Kier molecular flexibility index (Phi) is 7.58. The first-order valence-electron chi connectivity index (χ1n) is 27.5. The molecule has 12 aromatic rings. The summed E-state index contributed by atoms with van der Waals surface area (Å²) in [7, 11) is 0. The van der Waals surface area contributed by atoms with Gasteiger partial charge in [0, 0.05) is 44.9 Å². The molecule has 0 atom stereocenters. The highest BCUT2D eigenvalue weighted by Crippen LogP contribution is 2.48. The molecule has 326 valence electrons. The number of nitrogens with zero attached hydrogens (tertiary/aromatic N) is 3. The van der Waals surface area contributed by atoms with Gasteiger partial charge in [0.15, 0.2) is 0 Å². The van der Waals surface area contributed by atoms with Crippen molar-refractivity contribution in [1.82, 2.24) is 4.57 Å². The molecule has 1 aromatic heterocycles. The van der Waals surface area contributed by atoms with Crippen molar-refractivity contribution in [3.8, 4) is 50.2 Å². The van der Waals surface area contributed by atoms with E-state index in [-0.39, 0.29) is 52.7 Å². The van der Waals surface area contributed by atoms with Gasteiger partial charge < -0.3 is 14.4 Å². The van der Waals surface area contributed by atoms with Crippen molar-refractivity contribution in [2.24, 2.45) is 0 Å². The Morgan fingerprint density at radius 3 is 1.09 bits per heavy atom. The van der Waals surface area contributed by atoms with Crippen LogP contribution in [-0.4, -0.2) is 11.3 Å². The van der Waals surface area contributed by atoms with Gasteiger partial charge in [0.25, 0.3) is 6.71 Å². The highest BCUT2D eigenvalue weighted by Gasteiger charge is 2.44. The van der Waals surface area contributed by atoms with Crippen LogP contribution < -0.4 is 26.2 Å². The molecule has 11 aromatic carbocycles. The molecule has 2 aliphatic heterocycles. The summed E-state index contributed by atoms with van der Waals surface area (Å²) in [6, 6.07) is 72.3. The van der Waals surface area contributed by atoms with Crippen molar-refractivity contribution < 1.29 is 11.0 Å². The third-order valence-electron chi connectivity index (χ3n) is 14.0. The van der Waals surface area contributed by atoms with Crippen molar-refractivity contribution >= 4 is 79.0 Å². The largest absolute Gasteiger partial charge is 0.311 e. The first kappa shape index (κ1) is 32.6. The zero-order chi connectivity index (χ0) is 53.1. The highest BCUT2D eigenvalue weighted by atomic mass is 15.2. The highest BCUT2D eigenvalue weighted by molar-refractivity contribution is 7.00. The molecule has 3 heterocycles. The maximum Gasteiger partial charge on any atom is 0.252 e. The molecule has 0 N–H and O–H groups in total. The number of para-hydroxylation sites is 2. The summed E-state index contributed by atoms with van der Waals surface area (Å²) in [5.41, 5.74) is 17.1. The average Bonchev–Trinajstić information content (AvgIpc) is 3.43. The minimum Gasteiger partial charge on any atom is -0.311 e. The second kappa shape index (κ2) is 16.3. The molecule has 0 radical (unpaired) electrons. The molecule has 0 saturated heterocycles. The molecule has 0 aliphatic carbocycles. The smallest absolute Gasteiger partial charge is 0.252 e. The van der Waals surface area contributed by atoms with Crippen molar-refractivity contribution in [2.45, 2.75) is 0 Å². The number of fused-ring (bicyclic) bond motifs is 7. The van der Waals surface area contributed by atoms with Crippen LogP contribution >= 0.6 is 0 Å². The monoisotopic (exact) mass is 897 g/mol. The van der Waals surface area contributed by atoms with E-state index in [2.05, 4.69) is 143 Å². The van der Waals surface area contributed by atoms with Gasteiger partial charge in [-0.15, -0.1) is 0 Å². The zero-order valence-electron chi connectivity index (χ0n) is 45.7. The Balaban J connectivity index is 1.17. The van der Waals surface area contributed by atoms with Crippen LogP contribution in [0, 0.1) is 0 Å². The van der Waals surface area contributed by atoms with Gasteiger partial charge in [-0.25, -0.2) is 0 Å². The molecule has 0 fully saturated rings. The van der Waals surface area contributed by atoms with E-state index >= 15 is 0 Å². The molecule has 3 nitrogen and oxygen atoms in total. The molecule has 0 unspecified atom stereocenters. The van der Waals surface area contributed by atoms with E-state index in [1.807, 2.05) is 84.9 Å². The summed E-state index contributed by atoms with van der Waals surface area (Å²) in [6.45, 7) is -0.335. The Bertz CT molecular complexity index is 4160. The van der Waals surface area contributed by atoms with E-state index in [1.165, 1.54) is 0 Å². The van der Waals surface area contributed by atoms with Gasteiger partial charge >= 0.3 is 0 Å².